The van der Waals surface area contributed by atoms with Crippen LogP contribution in [-0.4, -0.2) is 21.5 Å². The average Bonchev–Trinajstić information content (AvgIpc) is 2.28. The first kappa shape index (κ1) is 15.1. The predicted octanol–water partition coefficient (Wildman–Crippen LogP) is 2.96. The number of aliphatic hydroxyl groups is 1. The third-order valence-corrected chi connectivity index (χ3v) is 3.67. The van der Waals surface area contributed by atoms with E-state index in [4.69, 9.17) is 5.11 Å². The van der Waals surface area contributed by atoms with Gasteiger partial charge in [-0.15, -0.1) is 11.8 Å². The Morgan fingerprint density at radius 1 is 1.39 bits per heavy atom. The van der Waals surface area contributed by atoms with Crippen molar-refractivity contribution in [2.75, 3.05) is 11.1 Å². The van der Waals surface area contributed by atoms with E-state index >= 15 is 0 Å². The van der Waals surface area contributed by atoms with Crippen LogP contribution in [-0.2, 0) is 11.4 Å². The number of nitrogens with one attached hydrogen (secondary N) is 1. The lowest BCUT2D eigenvalue weighted by Gasteiger charge is -2.17. The number of aliphatic hydroxyl groups excluding tert-OH is 1. The molecule has 18 heavy (non-hydrogen) atoms. The topological polar surface area (TPSA) is 49.3 Å². The molecule has 1 aromatic carbocycles. The highest BCUT2D eigenvalue weighted by Crippen LogP contribution is 2.23. The van der Waals surface area contributed by atoms with Gasteiger partial charge in [-0.3, -0.25) is 4.79 Å². The van der Waals surface area contributed by atoms with Crippen LogP contribution < -0.4 is 5.32 Å². The van der Waals surface area contributed by atoms with E-state index in [0.717, 1.165) is 16.8 Å². The predicted molar refractivity (Wildman–Crippen MR) is 77.9 cm³/mol. The third kappa shape index (κ3) is 5.10. The van der Waals surface area contributed by atoms with E-state index in [9.17, 15) is 4.79 Å². The molecule has 0 aromatic heterocycles. The largest absolute Gasteiger partial charge is 0.392 e. The number of hydrogen-bond donors (Lipinski definition) is 2. The van der Waals surface area contributed by atoms with E-state index in [2.05, 4.69) is 26.1 Å². The Hall–Kier alpha value is -1.000. The molecule has 3 nitrogen and oxygen atoms in total. The normalized spacial score (nSPS) is 11.4. The SMILES string of the molecule is Cc1ccc(CO)cc1NC(=O)CSC(C)(C)C. The highest BCUT2D eigenvalue weighted by atomic mass is 32.2. The lowest BCUT2D eigenvalue weighted by atomic mass is 10.1. The van der Waals surface area contributed by atoms with Gasteiger partial charge in [0.15, 0.2) is 0 Å². The Labute approximate surface area is 113 Å². The fraction of sp³-hybridized carbons (Fsp3) is 0.500. The van der Waals surface area contributed by atoms with E-state index in [1.54, 1.807) is 11.8 Å². The number of amides is 1. The number of thioether (sulfide) groups is 1. The van der Waals surface area contributed by atoms with Gasteiger partial charge in [0.05, 0.1) is 12.4 Å². The second-order valence-corrected chi connectivity index (χ2v) is 7.06. The van der Waals surface area contributed by atoms with Crippen molar-refractivity contribution >= 4 is 23.4 Å². The van der Waals surface area contributed by atoms with Crippen molar-refractivity contribution in [3.63, 3.8) is 0 Å². The van der Waals surface area contributed by atoms with Gasteiger partial charge < -0.3 is 10.4 Å². The number of hydrogen-bond acceptors (Lipinski definition) is 3. The first-order valence-corrected chi connectivity index (χ1v) is 6.94. The summed E-state index contributed by atoms with van der Waals surface area (Å²) in [5.74, 6) is 0.430. The van der Waals surface area contributed by atoms with E-state index in [1.165, 1.54) is 0 Å². The molecule has 100 valence electrons. The standard InChI is InChI=1S/C14H21NO2S/c1-10-5-6-11(8-16)7-12(10)15-13(17)9-18-14(2,3)4/h5-7,16H,8-9H2,1-4H3,(H,15,17). The number of benzene rings is 1. The lowest BCUT2D eigenvalue weighted by molar-refractivity contribution is -0.113. The Kier molecular flexibility index (Phi) is 5.23. The molecule has 0 fully saturated rings. The first-order chi connectivity index (χ1) is 8.31. The van der Waals surface area contributed by atoms with Crippen LogP contribution in [0.2, 0.25) is 0 Å². The zero-order valence-corrected chi connectivity index (χ0v) is 12.2. The molecular formula is C14H21NO2S. The van der Waals surface area contributed by atoms with Crippen molar-refractivity contribution in [2.45, 2.75) is 39.0 Å². The second kappa shape index (κ2) is 6.25. The lowest BCUT2D eigenvalue weighted by Crippen LogP contribution is -2.19. The second-order valence-electron chi connectivity index (χ2n) is 5.26. The summed E-state index contributed by atoms with van der Waals surface area (Å²) in [6, 6.07) is 5.57. The molecule has 0 atom stereocenters. The van der Waals surface area contributed by atoms with Gasteiger partial charge in [-0.2, -0.15) is 0 Å². The minimum Gasteiger partial charge on any atom is -0.392 e. The van der Waals surface area contributed by atoms with E-state index in [1.807, 2.05) is 25.1 Å². The summed E-state index contributed by atoms with van der Waals surface area (Å²) in [5, 5.41) is 12.0. The molecule has 2 N–H and O–H groups in total. The average molecular weight is 267 g/mol. The number of aryl methyl sites for hydroxylation is 1. The van der Waals surface area contributed by atoms with Gasteiger partial charge in [-0.25, -0.2) is 0 Å². The summed E-state index contributed by atoms with van der Waals surface area (Å²) < 4.78 is 0.0827. The highest BCUT2D eigenvalue weighted by molar-refractivity contribution is 8.01. The maximum absolute atomic E-state index is 11.8. The van der Waals surface area contributed by atoms with E-state index in [0.29, 0.717) is 5.75 Å². The molecule has 0 aliphatic heterocycles. The van der Waals surface area contributed by atoms with E-state index in [-0.39, 0.29) is 17.3 Å². The van der Waals surface area contributed by atoms with Gasteiger partial charge in [-0.1, -0.05) is 32.9 Å². The van der Waals surface area contributed by atoms with Crippen LogP contribution in [0, 0.1) is 6.92 Å². The summed E-state index contributed by atoms with van der Waals surface area (Å²) >= 11 is 1.62. The maximum Gasteiger partial charge on any atom is 0.234 e. The number of anilines is 1. The molecule has 0 saturated heterocycles. The molecule has 0 aliphatic rings. The van der Waals surface area contributed by atoms with Crippen molar-refractivity contribution in [3.8, 4) is 0 Å². The van der Waals surface area contributed by atoms with Crippen molar-refractivity contribution in [1.82, 2.24) is 0 Å². The van der Waals surface area contributed by atoms with Crippen LogP contribution >= 0.6 is 11.8 Å². The van der Waals surface area contributed by atoms with E-state index < -0.39 is 0 Å². The molecule has 1 aromatic rings. The Morgan fingerprint density at radius 3 is 2.61 bits per heavy atom. The number of carbonyl (C=O) groups is 1. The minimum absolute atomic E-state index is 0.00638. The smallest absolute Gasteiger partial charge is 0.234 e. The number of rotatable bonds is 4. The van der Waals surface area contributed by atoms with Crippen molar-refractivity contribution in [3.05, 3.63) is 29.3 Å². The minimum atomic E-state index is -0.0140. The van der Waals surface area contributed by atoms with Crippen LogP contribution in [0.15, 0.2) is 18.2 Å². The summed E-state index contributed by atoms with van der Waals surface area (Å²) in [6.45, 7) is 8.18. The van der Waals surface area contributed by atoms with Crippen LogP contribution in [0.3, 0.4) is 0 Å². The molecule has 4 heteroatoms. The molecule has 0 bridgehead atoms. The van der Waals surface area contributed by atoms with Gasteiger partial charge in [0.2, 0.25) is 5.91 Å². The zero-order valence-electron chi connectivity index (χ0n) is 11.4. The van der Waals surface area contributed by atoms with Gasteiger partial charge in [0, 0.05) is 10.4 Å². The third-order valence-electron chi connectivity index (χ3n) is 2.39. The fourth-order valence-electron chi connectivity index (χ4n) is 1.37. The quantitative estimate of drug-likeness (QED) is 0.882. The molecule has 0 spiro atoms. The molecule has 1 amide bonds. The Balaban J connectivity index is 2.64. The molecule has 0 aliphatic carbocycles. The van der Waals surface area contributed by atoms with Crippen molar-refractivity contribution < 1.29 is 9.90 Å². The summed E-state index contributed by atoms with van der Waals surface area (Å²) in [6.07, 6.45) is 0. The van der Waals surface area contributed by atoms with Crippen molar-refractivity contribution in [1.29, 1.82) is 0 Å². The zero-order chi connectivity index (χ0) is 13.8. The van der Waals surface area contributed by atoms with Gasteiger partial charge >= 0.3 is 0 Å². The molecule has 0 heterocycles. The van der Waals surface area contributed by atoms with Gasteiger partial charge in [0.1, 0.15) is 0 Å². The highest BCUT2D eigenvalue weighted by Gasteiger charge is 2.14. The van der Waals surface area contributed by atoms with Crippen molar-refractivity contribution in [2.24, 2.45) is 0 Å². The summed E-state index contributed by atoms with van der Waals surface area (Å²) in [5.41, 5.74) is 2.58. The molecular weight excluding hydrogens is 246 g/mol. The first-order valence-electron chi connectivity index (χ1n) is 5.96. The molecule has 0 saturated carbocycles. The van der Waals surface area contributed by atoms with Gasteiger partial charge in [0.25, 0.3) is 0 Å². The van der Waals surface area contributed by atoms with Crippen LogP contribution in [0.25, 0.3) is 0 Å². The van der Waals surface area contributed by atoms with Crippen LogP contribution in [0.1, 0.15) is 31.9 Å². The maximum atomic E-state index is 11.8. The molecule has 1 rings (SSSR count). The number of carbonyl (C=O) groups excluding carboxylic acids is 1. The Morgan fingerprint density at radius 2 is 2.06 bits per heavy atom. The molecule has 0 radical (unpaired) electrons. The fourth-order valence-corrected chi connectivity index (χ4v) is 2.01. The summed E-state index contributed by atoms with van der Waals surface area (Å²) in [4.78, 5) is 11.8. The monoisotopic (exact) mass is 267 g/mol. The molecule has 0 unspecified atom stereocenters. The summed E-state index contributed by atoms with van der Waals surface area (Å²) in [7, 11) is 0. The van der Waals surface area contributed by atoms with Gasteiger partial charge in [-0.05, 0) is 24.1 Å². The van der Waals surface area contributed by atoms with Crippen LogP contribution in [0.4, 0.5) is 5.69 Å². The van der Waals surface area contributed by atoms with Crippen LogP contribution in [0.5, 0.6) is 0 Å². The Bertz CT molecular complexity index is 424.